The summed E-state index contributed by atoms with van der Waals surface area (Å²) in [5.41, 5.74) is 0.625. The summed E-state index contributed by atoms with van der Waals surface area (Å²) in [5, 5.41) is 9.71. The highest BCUT2D eigenvalue weighted by Gasteiger charge is 2.33. The fourth-order valence-electron chi connectivity index (χ4n) is 2.28. The van der Waals surface area contributed by atoms with E-state index in [-0.39, 0.29) is 17.8 Å². The Labute approximate surface area is 106 Å². The van der Waals surface area contributed by atoms with Crippen molar-refractivity contribution < 1.29 is 9.50 Å². The molecule has 1 heterocycles. The predicted molar refractivity (Wildman–Crippen MR) is 66.5 cm³/mol. The molecule has 1 saturated heterocycles. The van der Waals surface area contributed by atoms with Gasteiger partial charge in [-0.15, -0.1) is 0 Å². The Bertz CT molecular complexity index is 412. The van der Waals surface area contributed by atoms with Crippen LogP contribution in [0.25, 0.3) is 0 Å². The molecule has 2 rings (SSSR count). The Morgan fingerprint density at radius 2 is 2.29 bits per heavy atom. The van der Waals surface area contributed by atoms with Crippen LogP contribution in [0.2, 0.25) is 5.02 Å². The second-order valence-electron chi connectivity index (χ2n) is 5.17. The van der Waals surface area contributed by atoms with Gasteiger partial charge < -0.3 is 5.11 Å². The van der Waals surface area contributed by atoms with Crippen molar-refractivity contribution in [2.45, 2.75) is 19.9 Å². The summed E-state index contributed by atoms with van der Waals surface area (Å²) in [6.45, 7) is 4.54. The van der Waals surface area contributed by atoms with Crippen molar-refractivity contribution in [3.8, 4) is 0 Å². The molecule has 0 radical (unpaired) electrons. The van der Waals surface area contributed by atoms with E-state index in [1.165, 1.54) is 6.07 Å². The molecule has 0 aromatic heterocycles. The maximum atomic E-state index is 13.6. The van der Waals surface area contributed by atoms with E-state index in [1.54, 1.807) is 12.1 Å². The summed E-state index contributed by atoms with van der Waals surface area (Å²) in [4.78, 5) is 2.17. The first-order valence-corrected chi connectivity index (χ1v) is 6.17. The normalized spacial score (nSPS) is 25.4. The van der Waals surface area contributed by atoms with Crippen molar-refractivity contribution in [1.29, 1.82) is 0 Å². The van der Waals surface area contributed by atoms with Gasteiger partial charge in [0.25, 0.3) is 0 Å². The Balaban J connectivity index is 2.03. The molecule has 1 aliphatic heterocycles. The van der Waals surface area contributed by atoms with E-state index in [9.17, 15) is 9.50 Å². The van der Waals surface area contributed by atoms with E-state index in [0.29, 0.717) is 17.1 Å². The molecule has 1 aromatic carbocycles. The lowest BCUT2D eigenvalue weighted by atomic mass is 9.91. The molecule has 94 valence electrons. The van der Waals surface area contributed by atoms with Gasteiger partial charge in [0, 0.05) is 35.7 Å². The van der Waals surface area contributed by atoms with Crippen LogP contribution in [0.1, 0.15) is 18.9 Å². The van der Waals surface area contributed by atoms with Gasteiger partial charge in [-0.1, -0.05) is 24.6 Å². The third-order valence-corrected chi connectivity index (χ3v) is 3.66. The van der Waals surface area contributed by atoms with Gasteiger partial charge in [-0.2, -0.15) is 0 Å². The minimum Gasteiger partial charge on any atom is -0.396 e. The summed E-state index contributed by atoms with van der Waals surface area (Å²) in [6.07, 6.45) is 0.957. The lowest BCUT2D eigenvalue weighted by Crippen LogP contribution is -2.27. The van der Waals surface area contributed by atoms with Crippen LogP contribution in [-0.2, 0) is 6.54 Å². The molecule has 0 bridgehead atoms. The third kappa shape index (κ3) is 2.97. The minimum atomic E-state index is -0.255. The zero-order valence-electron chi connectivity index (χ0n) is 9.92. The van der Waals surface area contributed by atoms with Gasteiger partial charge in [0.15, 0.2) is 0 Å². The Morgan fingerprint density at radius 1 is 1.53 bits per heavy atom. The van der Waals surface area contributed by atoms with E-state index in [2.05, 4.69) is 11.8 Å². The number of halogens is 2. The van der Waals surface area contributed by atoms with Gasteiger partial charge in [-0.25, -0.2) is 4.39 Å². The molecular formula is C13H17ClFNO. The van der Waals surface area contributed by atoms with E-state index in [4.69, 9.17) is 11.6 Å². The van der Waals surface area contributed by atoms with Gasteiger partial charge in [0.1, 0.15) is 5.82 Å². The molecule has 0 spiro atoms. The van der Waals surface area contributed by atoms with Crippen LogP contribution in [0.15, 0.2) is 18.2 Å². The Morgan fingerprint density at radius 3 is 2.88 bits per heavy atom. The minimum absolute atomic E-state index is 0.0388. The zero-order valence-corrected chi connectivity index (χ0v) is 10.7. The SMILES string of the molecule is C[C@@]1(CO)CCN(Cc2ccc(Cl)cc2F)C1. The summed E-state index contributed by atoms with van der Waals surface area (Å²) in [7, 11) is 0. The topological polar surface area (TPSA) is 23.5 Å². The quantitative estimate of drug-likeness (QED) is 0.900. The molecule has 0 saturated carbocycles. The first-order valence-electron chi connectivity index (χ1n) is 5.80. The van der Waals surface area contributed by atoms with Crippen LogP contribution in [0.3, 0.4) is 0 Å². The van der Waals surface area contributed by atoms with Gasteiger partial charge in [-0.3, -0.25) is 4.90 Å². The standard InChI is InChI=1S/C13H17ClFNO/c1-13(9-17)4-5-16(8-13)7-10-2-3-11(14)6-12(10)15/h2-3,6,17H,4-5,7-9H2,1H3/t13-/m1/s1. The predicted octanol–water partition coefficient (Wildman–Crippen LogP) is 2.68. The van der Waals surface area contributed by atoms with Crippen molar-refractivity contribution in [2.24, 2.45) is 5.41 Å². The number of hydrogen-bond donors (Lipinski definition) is 1. The fourth-order valence-corrected chi connectivity index (χ4v) is 2.44. The Hall–Kier alpha value is -0.640. The number of nitrogens with zero attached hydrogens (tertiary/aromatic N) is 1. The number of hydrogen-bond acceptors (Lipinski definition) is 2. The zero-order chi connectivity index (χ0) is 12.5. The second kappa shape index (κ2) is 4.92. The maximum absolute atomic E-state index is 13.6. The molecular weight excluding hydrogens is 241 g/mol. The summed E-state index contributed by atoms with van der Waals surface area (Å²) in [6, 6.07) is 4.78. The van der Waals surface area contributed by atoms with Crippen LogP contribution in [0.5, 0.6) is 0 Å². The average molecular weight is 258 g/mol. The van der Waals surface area contributed by atoms with Crippen LogP contribution in [-0.4, -0.2) is 29.7 Å². The highest BCUT2D eigenvalue weighted by Crippen LogP contribution is 2.30. The first kappa shape index (κ1) is 12.8. The average Bonchev–Trinajstić information content (AvgIpc) is 2.66. The molecule has 2 nitrogen and oxygen atoms in total. The van der Waals surface area contributed by atoms with Crippen molar-refractivity contribution in [3.63, 3.8) is 0 Å². The van der Waals surface area contributed by atoms with Gasteiger partial charge in [-0.05, 0) is 25.1 Å². The van der Waals surface area contributed by atoms with Gasteiger partial charge in [0.05, 0.1) is 0 Å². The molecule has 0 amide bonds. The second-order valence-corrected chi connectivity index (χ2v) is 5.60. The van der Waals surface area contributed by atoms with Crippen molar-refractivity contribution in [1.82, 2.24) is 4.90 Å². The van der Waals surface area contributed by atoms with Crippen molar-refractivity contribution in [3.05, 3.63) is 34.6 Å². The highest BCUT2D eigenvalue weighted by molar-refractivity contribution is 6.30. The number of rotatable bonds is 3. The van der Waals surface area contributed by atoms with Gasteiger partial charge in [0.2, 0.25) is 0 Å². The maximum Gasteiger partial charge on any atom is 0.129 e. The molecule has 1 aromatic rings. The van der Waals surface area contributed by atoms with Crippen molar-refractivity contribution >= 4 is 11.6 Å². The number of likely N-dealkylation sites (tertiary alicyclic amines) is 1. The van der Waals surface area contributed by atoms with Crippen LogP contribution in [0, 0.1) is 11.2 Å². The van der Waals surface area contributed by atoms with Crippen LogP contribution in [0.4, 0.5) is 4.39 Å². The van der Waals surface area contributed by atoms with Crippen molar-refractivity contribution in [2.75, 3.05) is 19.7 Å². The number of aliphatic hydroxyl groups is 1. The third-order valence-electron chi connectivity index (χ3n) is 3.43. The molecule has 4 heteroatoms. The summed E-state index contributed by atoms with van der Waals surface area (Å²) >= 11 is 5.71. The van der Waals surface area contributed by atoms with Gasteiger partial charge >= 0.3 is 0 Å². The first-order chi connectivity index (χ1) is 8.02. The fraction of sp³-hybridized carbons (Fsp3) is 0.538. The van der Waals surface area contributed by atoms with E-state index in [0.717, 1.165) is 19.5 Å². The lowest BCUT2D eigenvalue weighted by molar-refractivity contribution is 0.144. The summed E-state index contributed by atoms with van der Waals surface area (Å²) < 4.78 is 13.6. The van der Waals surface area contributed by atoms with E-state index >= 15 is 0 Å². The molecule has 1 atom stereocenters. The molecule has 1 N–H and O–H groups in total. The largest absolute Gasteiger partial charge is 0.396 e. The molecule has 1 aliphatic rings. The molecule has 0 unspecified atom stereocenters. The van der Waals surface area contributed by atoms with Crippen LogP contribution < -0.4 is 0 Å². The lowest BCUT2D eigenvalue weighted by Gasteiger charge is -2.22. The number of benzene rings is 1. The molecule has 0 aliphatic carbocycles. The molecule has 17 heavy (non-hydrogen) atoms. The highest BCUT2D eigenvalue weighted by atomic mass is 35.5. The van der Waals surface area contributed by atoms with E-state index in [1.807, 2.05) is 0 Å². The summed E-state index contributed by atoms with van der Waals surface area (Å²) in [5.74, 6) is -0.255. The van der Waals surface area contributed by atoms with E-state index < -0.39 is 0 Å². The molecule has 1 fully saturated rings. The number of aliphatic hydroxyl groups excluding tert-OH is 1. The van der Waals surface area contributed by atoms with Crippen LogP contribution >= 0.6 is 11.6 Å². The smallest absolute Gasteiger partial charge is 0.129 e. The monoisotopic (exact) mass is 257 g/mol. The Kier molecular flexibility index (Phi) is 3.71.